The van der Waals surface area contributed by atoms with Crippen LogP contribution in [0.2, 0.25) is 0 Å². The standard InChI is InChI=1S/C16H15N3O3S/c1-4-9-23-16-18-17-11-19(16)15(20)8-6-12-5-7-13(21-2)14(10-12)22-3/h1,5-8,10-11H,9H2,2-3H3/b8-6+. The first-order valence-electron chi connectivity index (χ1n) is 6.60. The van der Waals surface area contributed by atoms with E-state index in [2.05, 4.69) is 16.1 Å². The summed E-state index contributed by atoms with van der Waals surface area (Å²) in [5, 5.41) is 8.07. The van der Waals surface area contributed by atoms with Gasteiger partial charge >= 0.3 is 0 Å². The van der Waals surface area contributed by atoms with E-state index in [4.69, 9.17) is 15.9 Å². The lowest BCUT2D eigenvalue weighted by Crippen LogP contribution is -2.07. The van der Waals surface area contributed by atoms with Crippen LogP contribution in [0.4, 0.5) is 0 Å². The van der Waals surface area contributed by atoms with Gasteiger partial charge in [-0.3, -0.25) is 4.79 Å². The highest BCUT2D eigenvalue weighted by molar-refractivity contribution is 7.99. The molecule has 0 N–H and O–H groups in total. The summed E-state index contributed by atoms with van der Waals surface area (Å²) in [4.78, 5) is 12.2. The Kier molecular flexibility index (Phi) is 5.83. The highest BCUT2D eigenvalue weighted by atomic mass is 32.2. The van der Waals surface area contributed by atoms with E-state index in [0.29, 0.717) is 22.4 Å². The number of methoxy groups -OCH3 is 2. The van der Waals surface area contributed by atoms with Crippen LogP contribution in [0.25, 0.3) is 6.08 Å². The molecule has 0 saturated carbocycles. The highest BCUT2D eigenvalue weighted by Gasteiger charge is 2.09. The van der Waals surface area contributed by atoms with Crippen LogP contribution >= 0.6 is 11.8 Å². The number of terminal acetylenes is 1. The lowest BCUT2D eigenvalue weighted by molar-refractivity contribution is 0.0960. The van der Waals surface area contributed by atoms with Crippen LogP contribution in [0.5, 0.6) is 11.5 Å². The summed E-state index contributed by atoms with van der Waals surface area (Å²) in [6.45, 7) is 0. The van der Waals surface area contributed by atoms with Crippen molar-refractivity contribution in [2.45, 2.75) is 5.16 Å². The van der Waals surface area contributed by atoms with Crippen LogP contribution in [0.15, 0.2) is 35.8 Å². The summed E-state index contributed by atoms with van der Waals surface area (Å²) in [6, 6.07) is 5.38. The number of aromatic nitrogens is 3. The number of carbonyl (C=O) groups excluding carboxylic acids is 1. The molecule has 118 valence electrons. The SMILES string of the molecule is C#CCSc1nncn1C(=O)/C=C/c1ccc(OC)c(OC)c1. The zero-order chi connectivity index (χ0) is 16.7. The van der Waals surface area contributed by atoms with Crippen molar-refractivity contribution in [2.24, 2.45) is 0 Å². The summed E-state index contributed by atoms with van der Waals surface area (Å²) >= 11 is 1.28. The molecule has 1 aromatic carbocycles. The van der Waals surface area contributed by atoms with Gasteiger partial charge in [-0.25, -0.2) is 4.57 Å². The van der Waals surface area contributed by atoms with Gasteiger partial charge in [-0.05, 0) is 23.8 Å². The molecule has 0 saturated heterocycles. The largest absolute Gasteiger partial charge is 0.493 e. The fourth-order valence-electron chi connectivity index (χ4n) is 1.78. The van der Waals surface area contributed by atoms with Crippen LogP contribution in [-0.2, 0) is 0 Å². The number of hydrogen-bond donors (Lipinski definition) is 0. The van der Waals surface area contributed by atoms with Crippen molar-refractivity contribution in [3.05, 3.63) is 36.2 Å². The predicted molar refractivity (Wildman–Crippen MR) is 88.8 cm³/mol. The normalized spacial score (nSPS) is 10.5. The molecular formula is C16H15N3O3S. The van der Waals surface area contributed by atoms with E-state index in [1.165, 1.54) is 28.7 Å². The third-order valence-electron chi connectivity index (χ3n) is 2.86. The van der Waals surface area contributed by atoms with Gasteiger partial charge in [0.1, 0.15) is 6.33 Å². The van der Waals surface area contributed by atoms with Crippen molar-refractivity contribution in [2.75, 3.05) is 20.0 Å². The van der Waals surface area contributed by atoms with Crippen LogP contribution in [0.3, 0.4) is 0 Å². The van der Waals surface area contributed by atoms with Crippen molar-refractivity contribution in [1.82, 2.24) is 14.8 Å². The molecule has 23 heavy (non-hydrogen) atoms. The number of nitrogens with zero attached hydrogens (tertiary/aromatic N) is 3. The molecule has 0 unspecified atom stereocenters. The molecule has 0 aliphatic rings. The Bertz CT molecular complexity index is 762. The molecule has 2 rings (SSSR count). The first-order valence-corrected chi connectivity index (χ1v) is 7.59. The minimum atomic E-state index is -0.260. The number of hydrogen-bond acceptors (Lipinski definition) is 6. The smallest absolute Gasteiger partial charge is 0.258 e. The van der Waals surface area contributed by atoms with Gasteiger partial charge in [-0.1, -0.05) is 23.7 Å². The molecular weight excluding hydrogens is 314 g/mol. The van der Waals surface area contributed by atoms with E-state index in [1.54, 1.807) is 32.4 Å². The Labute approximate surface area is 138 Å². The van der Waals surface area contributed by atoms with Gasteiger partial charge in [-0.15, -0.1) is 16.6 Å². The molecule has 0 fully saturated rings. The van der Waals surface area contributed by atoms with Crippen molar-refractivity contribution in [3.8, 4) is 23.8 Å². The third kappa shape index (κ3) is 4.14. The van der Waals surface area contributed by atoms with E-state index >= 15 is 0 Å². The van der Waals surface area contributed by atoms with Gasteiger partial charge in [0.25, 0.3) is 5.91 Å². The van der Waals surface area contributed by atoms with E-state index < -0.39 is 0 Å². The lowest BCUT2D eigenvalue weighted by Gasteiger charge is -2.07. The molecule has 0 spiro atoms. The highest BCUT2D eigenvalue weighted by Crippen LogP contribution is 2.28. The second kappa shape index (κ2) is 8.06. The van der Waals surface area contributed by atoms with Gasteiger partial charge in [-0.2, -0.15) is 0 Å². The number of rotatable bonds is 6. The van der Waals surface area contributed by atoms with Crippen molar-refractivity contribution < 1.29 is 14.3 Å². The van der Waals surface area contributed by atoms with Crippen molar-refractivity contribution in [3.63, 3.8) is 0 Å². The first kappa shape index (κ1) is 16.6. The Balaban J connectivity index is 2.15. The van der Waals surface area contributed by atoms with Crippen LogP contribution in [0, 0.1) is 12.3 Å². The summed E-state index contributed by atoms with van der Waals surface area (Å²) in [5.41, 5.74) is 0.807. The molecule has 2 aromatic rings. The van der Waals surface area contributed by atoms with Crippen LogP contribution in [0.1, 0.15) is 10.4 Å². The number of ether oxygens (including phenoxy) is 2. The Morgan fingerprint density at radius 2 is 2.17 bits per heavy atom. The minimum absolute atomic E-state index is 0.260. The molecule has 0 aliphatic heterocycles. The fourth-order valence-corrected chi connectivity index (χ4v) is 2.38. The molecule has 0 radical (unpaired) electrons. The molecule has 7 heteroatoms. The van der Waals surface area contributed by atoms with E-state index in [0.717, 1.165) is 5.56 Å². The molecule has 1 aromatic heterocycles. The number of benzene rings is 1. The number of thioether (sulfide) groups is 1. The van der Waals surface area contributed by atoms with Crippen molar-refractivity contribution >= 4 is 23.7 Å². The van der Waals surface area contributed by atoms with Crippen molar-refractivity contribution in [1.29, 1.82) is 0 Å². The van der Waals surface area contributed by atoms with Gasteiger partial charge in [0.15, 0.2) is 16.7 Å². The average molecular weight is 329 g/mol. The summed E-state index contributed by atoms with van der Waals surface area (Å²) in [6.07, 6.45) is 9.68. The second-order valence-electron chi connectivity index (χ2n) is 4.26. The molecule has 0 bridgehead atoms. The summed E-state index contributed by atoms with van der Waals surface area (Å²) in [5.74, 6) is 3.86. The zero-order valence-electron chi connectivity index (χ0n) is 12.7. The fraction of sp³-hybridized carbons (Fsp3) is 0.188. The monoisotopic (exact) mass is 329 g/mol. The molecule has 0 amide bonds. The maximum absolute atomic E-state index is 12.2. The van der Waals surface area contributed by atoms with Gasteiger partial charge in [0.2, 0.25) is 0 Å². The van der Waals surface area contributed by atoms with E-state index in [-0.39, 0.29) is 5.91 Å². The van der Waals surface area contributed by atoms with Gasteiger partial charge in [0, 0.05) is 6.08 Å². The molecule has 0 atom stereocenters. The molecule has 6 nitrogen and oxygen atoms in total. The van der Waals surface area contributed by atoms with Gasteiger partial charge in [0.05, 0.1) is 20.0 Å². The van der Waals surface area contributed by atoms with E-state index in [9.17, 15) is 4.79 Å². The van der Waals surface area contributed by atoms with Crippen LogP contribution in [-0.4, -0.2) is 40.6 Å². The Hall–Kier alpha value is -2.72. The average Bonchev–Trinajstić information content (AvgIpc) is 3.06. The maximum atomic E-state index is 12.2. The van der Waals surface area contributed by atoms with Crippen LogP contribution < -0.4 is 9.47 Å². The second-order valence-corrected chi connectivity index (χ2v) is 5.20. The van der Waals surface area contributed by atoms with E-state index in [1.807, 2.05) is 6.07 Å². The molecule has 1 heterocycles. The minimum Gasteiger partial charge on any atom is -0.493 e. The lowest BCUT2D eigenvalue weighted by atomic mass is 10.2. The molecule has 0 aliphatic carbocycles. The first-order chi connectivity index (χ1) is 11.2. The quantitative estimate of drug-likeness (QED) is 0.460. The zero-order valence-corrected chi connectivity index (χ0v) is 13.5. The number of allylic oxidation sites excluding steroid dienone is 1. The Morgan fingerprint density at radius 1 is 1.39 bits per heavy atom. The summed E-state index contributed by atoms with van der Waals surface area (Å²) in [7, 11) is 3.13. The summed E-state index contributed by atoms with van der Waals surface area (Å²) < 4.78 is 11.7. The predicted octanol–water partition coefficient (Wildman–Crippen LogP) is 2.37. The van der Waals surface area contributed by atoms with Gasteiger partial charge < -0.3 is 9.47 Å². The Morgan fingerprint density at radius 3 is 2.87 bits per heavy atom. The maximum Gasteiger partial charge on any atom is 0.258 e. The topological polar surface area (TPSA) is 66.2 Å². The third-order valence-corrected chi connectivity index (χ3v) is 3.71. The number of carbonyl (C=O) groups is 1.